The molecule has 3 heterocycles. The lowest BCUT2D eigenvalue weighted by molar-refractivity contribution is -0.0163. The van der Waals surface area contributed by atoms with E-state index in [-0.39, 0.29) is 23.9 Å². The summed E-state index contributed by atoms with van der Waals surface area (Å²) < 4.78 is 27.4. The Bertz CT molecular complexity index is 988. The van der Waals surface area contributed by atoms with Crippen LogP contribution in [0.5, 0.6) is 5.75 Å². The Labute approximate surface area is 168 Å². The topological polar surface area (TPSA) is 74.1 Å². The van der Waals surface area contributed by atoms with Crippen LogP contribution >= 0.6 is 0 Å². The van der Waals surface area contributed by atoms with Gasteiger partial charge < -0.3 is 14.8 Å². The number of hydrogen-bond acceptors (Lipinski definition) is 6. The molecule has 7 nitrogen and oxygen atoms in total. The molecule has 1 N–H and O–H groups in total. The van der Waals surface area contributed by atoms with Gasteiger partial charge >= 0.3 is 0 Å². The molecule has 2 fully saturated rings. The summed E-state index contributed by atoms with van der Waals surface area (Å²) in [4.78, 5) is 13.4. The Morgan fingerprint density at radius 1 is 1.10 bits per heavy atom. The highest BCUT2D eigenvalue weighted by Crippen LogP contribution is 2.32. The van der Waals surface area contributed by atoms with Crippen molar-refractivity contribution in [1.29, 1.82) is 0 Å². The number of para-hydroxylation sites is 1. The zero-order valence-electron chi connectivity index (χ0n) is 16.1. The van der Waals surface area contributed by atoms with Crippen LogP contribution in [0.4, 0.5) is 10.2 Å². The highest BCUT2D eigenvalue weighted by atomic mass is 19.1. The molecular weight excluding hydrogens is 373 g/mol. The molecule has 0 radical (unpaired) electrons. The van der Waals surface area contributed by atoms with E-state index in [9.17, 15) is 4.39 Å². The van der Waals surface area contributed by atoms with Crippen LogP contribution in [-0.4, -0.2) is 38.3 Å². The van der Waals surface area contributed by atoms with E-state index < -0.39 is 0 Å². The van der Waals surface area contributed by atoms with Gasteiger partial charge in [-0.2, -0.15) is 0 Å². The van der Waals surface area contributed by atoms with Crippen LogP contribution in [0.1, 0.15) is 44.8 Å². The lowest BCUT2D eigenvalue weighted by atomic mass is 10.2. The van der Waals surface area contributed by atoms with E-state index in [0.29, 0.717) is 12.6 Å². The lowest BCUT2D eigenvalue weighted by Gasteiger charge is -2.16. The molecule has 1 saturated heterocycles. The van der Waals surface area contributed by atoms with Gasteiger partial charge in [-0.05, 0) is 37.8 Å². The minimum absolute atomic E-state index is 0.102. The van der Waals surface area contributed by atoms with Crippen LogP contribution in [0.15, 0.2) is 36.9 Å². The highest BCUT2D eigenvalue weighted by molar-refractivity contribution is 5.82. The average molecular weight is 397 g/mol. The van der Waals surface area contributed by atoms with Crippen molar-refractivity contribution in [2.75, 3.05) is 11.9 Å². The highest BCUT2D eigenvalue weighted by Gasteiger charge is 2.29. The van der Waals surface area contributed by atoms with Crippen molar-refractivity contribution in [1.82, 2.24) is 19.5 Å². The van der Waals surface area contributed by atoms with Gasteiger partial charge in [0, 0.05) is 6.04 Å². The number of halogens is 1. The second kappa shape index (κ2) is 7.94. The fourth-order valence-electron chi connectivity index (χ4n) is 4.19. The first-order valence-corrected chi connectivity index (χ1v) is 10.2. The summed E-state index contributed by atoms with van der Waals surface area (Å²) in [6, 6.07) is 6.88. The average Bonchev–Trinajstić information content (AvgIpc) is 3.48. The molecule has 29 heavy (non-hydrogen) atoms. The minimum atomic E-state index is -0.360. The number of nitrogens with one attached hydrogen (secondary N) is 1. The molecule has 5 rings (SSSR count). The van der Waals surface area contributed by atoms with Crippen molar-refractivity contribution in [3.63, 3.8) is 0 Å². The van der Waals surface area contributed by atoms with Crippen molar-refractivity contribution < 1.29 is 13.9 Å². The maximum atomic E-state index is 13.7. The molecular formula is C21H24FN5O2. The molecule has 152 valence electrons. The van der Waals surface area contributed by atoms with Crippen LogP contribution in [0, 0.1) is 5.82 Å². The van der Waals surface area contributed by atoms with Gasteiger partial charge in [-0.3, -0.25) is 4.57 Å². The maximum Gasteiger partial charge on any atom is 0.167 e. The number of hydrogen-bond donors (Lipinski definition) is 1. The molecule has 1 aliphatic carbocycles. The van der Waals surface area contributed by atoms with Crippen LogP contribution in [-0.2, 0) is 4.74 Å². The number of aromatic nitrogens is 4. The molecule has 2 atom stereocenters. The Balaban J connectivity index is 1.27. The number of rotatable bonds is 6. The molecule has 2 aliphatic rings. The van der Waals surface area contributed by atoms with Gasteiger partial charge in [0.15, 0.2) is 28.5 Å². The van der Waals surface area contributed by atoms with Gasteiger partial charge in [-0.1, -0.05) is 25.0 Å². The fraction of sp³-hybridized carbons (Fsp3) is 0.476. The normalized spacial score (nSPS) is 22.4. The molecule has 0 spiro atoms. The van der Waals surface area contributed by atoms with Crippen LogP contribution in [0.2, 0.25) is 0 Å². The minimum Gasteiger partial charge on any atom is -0.488 e. The largest absolute Gasteiger partial charge is 0.488 e. The van der Waals surface area contributed by atoms with Gasteiger partial charge in [-0.15, -0.1) is 0 Å². The van der Waals surface area contributed by atoms with E-state index in [2.05, 4.69) is 20.3 Å². The second-order valence-electron chi connectivity index (χ2n) is 7.70. The summed E-state index contributed by atoms with van der Waals surface area (Å²) in [6.45, 7) is 0.313. The number of fused-ring (bicyclic) bond motifs is 1. The van der Waals surface area contributed by atoms with Crippen molar-refractivity contribution in [3.05, 3.63) is 42.7 Å². The van der Waals surface area contributed by atoms with Gasteiger partial charge in [0.25, 0.3) is 0 Å². The van der Waals surface area contributed by atoms with Crippen molar-refractivity contribution >= 4 is 17.0 Å². The SMILES string of the molecule is Fc1ccccc1OC[C@H]1CC[C@H](n2cnc3c(NC4CCCC4)ncnc32)O1. The first-order valence-electron chi connectivity index (χ1n) is 10.2. The second-order valence-corrected chi connectivity index (χ2v) is 7.70. The summed E-state index contributed by atoms with van der Waals surface area (Å²) in [5.74, 6) is 0.683. The van der Waals surface area contributed by atoms with E-state index in [4.69, 9.17) is 9.47 Å². The quantitative estimate of drug-likeness (QED) is 0.676. The fourth-order valence-corrected chi connectivity index (χ4v) is 4.19. The number of benzene rings is 1. The third-order valence-electron chi connectivity index (χ3n) is 5.71. The predicted octanol–water partition coefficient (Wildman–Crippen LogP) is 4.08. The van der Waals surface area contributed by atoms with E-state index in [1.807, 2.05) is 4.57 Å². The molecule has 2 aromatic heterocycles. The Morgan fingerprint density at radius 3 is 2.83 bits per heavy atom. The molecule has 0 bridgehead atoms. The summed E-state index contributed by atoms with van der Waals surface area (Å²) in [7, 11) is 0. The van der Waals surface area contributed by atoms with E-state index in [1.165, 1.54) is 31.7 Å². The third kappa shape index (κ3) is 3.76. The first kappa shape index (κ1) is 18.3. The smallest absolute Gasteiger partial charge is 0.167 e. The molecule has 1 aliphatic heterocycles. The zero-order chi connectivity index (χ0) is 19.6. The van der Waals surface area contributed by atoms with Crippen LogP contribution in [0.25, 0.3) is 11.2 Å². The lowest BCUT2D eigenvalue weighted by Crippen LogP contribution is -2.19. The molecule has 8 heteroatoms. The zero-order valence-corrected chi connectivity index (χ0v) is 16.1. The molecule has 3 aromatic rings. The summed E-state index contributed by atoms with van der Waals surface area (Å²) in [6.07, 6.45) is 9.58. The summed E-state index contributed by atoms with van der Waals surface area (Å²) in [5, 5.41) is 3.52. The Kier molecular flexibility index (Phi) is 5.01. The van der Waals surface area contributed by atoms with E-state index in [0.717, 1.165) is 29.8 Å². The summed E-state index contributed by atoms with van der Waals surface area (Å²) in [5.41, 5.74) is 1.54. The number of ether oxygens (including phenoxy) is 2. The van der Waals surface area contributed by atoms with E-state index >= 15 is 0 Å². The Hall–Kier alpha value is -2.74. The van der Waals surface area contributed by atoms with Gasteiger partial charge in [0.1, 0.15) is 19.2 Å². The maximum absolute atomic E-state index is 13.7. The van der Waals surface area contributed by atoms with Crippen LogP contribution < -0.4 is 10.1 Å². The molecule has 0 unspecified atom stereocenters. The third-order valence-corrected chi connectivity index (χ3v) is 5.71. The standard InChI is InChI=1S/C21H24FN5O2/c22-16-7-3-4-8-17(16)28-11-15-9-10-18(29-15)27-13-25-19-20(23-12-24-21(19)27)26-14-5-1-2-6-14/h3-4,7-8,12-15,18H,1-2,5-6,9-11H2,(H,23,24,26)/t15-,18-/m1/s1. The molecule has 0 amide bonds. The van der Waals surface area contributed by atoms with Crippen molar-refractivity contribution in [2.24, 2.45) is 0 Å². The number of nitrogens with zero attached hydrogens (tertiary/aromatic N) is 4. The summed E-state index contributed by atoms with van der Waals surface area (Å²) >= 11 is 0. The van der Waals surface area contributed by atoms with Crippen LogP contribution in [0.3, 0.4) is 0 Å². The van der Waals surface area contributed by atoms with E-state index in [1.54, 1.807) is 30.9 Å². The molecule has 1 aromatic carbocycles. The Morgan fingerprint density at radius 2 is 1.97 bits per heavy atom. The predicted molar refractivity (Wildman–Crippen MR) is 106 cm³/mol. The number of anilines is 1. The van der Waals surface area contributed by atoms with Gasteiger partial charge in [0.2, 0.25) is 0 Å². The van der Waals surface area contributed by atoms with Crippen molar-refractivity contribution in [2.45, 2.75) is 56.9 Å². The van der Waals surface area contributed by atoms with Gasteiger partial charge in [0.05, 0.1) is 12.4 Å². The van der Waals surface area contributed by atoms with Gasteiger partial charge in [-0.25, -0.2) is 19.3 Å². The number of imidazole rings is 1. The molecule has 1 saturated carbocycles. The first-order chi connectivity index (χ1) is 14.3. The monoisotopic (exact) mass is 397 g/mol. The van der Waals surface area contributed by atoms with Crippen molar-refractivity contribution in [3.8, 4) is 5.75 Å².